The van der Waals surface area contributed by atoms with Gasteiger partial charge in [0.25, 0.3) is 0 Å². The average molecular weight is 517 g/mol. The van der Waals surface area contributed by atoms with Gasteiger partial charge in [-0.15, -0.1) is 34.0 Å². The third-order valence-corrected chi connectivity index (χ3v) is 10.4. The minimum atomic E-state index is 0.215. The highest BCUT2D eigenvalue weighted by Gasteiger charge is 2.15. The van der Waals surface area contributed by atoms with Crippen LogP contribution in [0.25, 0.3) is 19.5 Å². The molecule has 1 nitrogen and oxygen atoms in total. The Labute approximate surface area is 220 Å². The van der Waals surface area contributed by atoms with Gasteiger partial charge in [0, 0.05) is 35.9 Å². The minimum absolute atomic E-state index is 0.215. The molecule has 3 aromatic rings. The van der Waals surface area contributed by atoms with Gasteiger partial charge in [0.05, 0.1) is 0 Å². The van der Waals surface area contributed by atoms with Gasteiger partial charge in [-0.25, -0.2) is 0 Å². The molecule has 0 aliphatic carbocycles. The molecule has 0 amide bonds. The standard InChI is InChI=1S/C30H44OS3/c1-3-5-7-9-11-13-15-25-17-19-27(32-25)29-23-24(21-22-31)30(34-29)28-20-18-26(33-28)16-14-12-10-8-6-4-2/h17-20,23,31H,3-16,21-22H2,1-2H3. The number of aliphatic hydroxyl groups excluding tert-OH is 1. The van der Waals surface area contributed by atoms with E-state index in [1.807, 2.05) is 34.0 Å². The highest BCUT2D eigenvalue weighted by molar-refractivity contribution is 7.26. The lowest BCUT2D eigenvalue weighted by Gasteiger charge is -2.00. The summed E-state index contributed by atoms with van der Waals surface area (Å²) in [5.41, 5.74) is 1.31. The van der Waals surface area contributed by atoms with E-state index in [0.717, 1.165) is 6.42 Å². The Hall–Kier alpha value is -0.940. The molecule has 0 bridgehead atoms. The normalized spacial score (nSPS) is 11.5. The fourth-order valence-electron chi connectivity index (χ4n) is 4.50. The van der Waals surface area contributed by atoms with E-state index < -0.39 is 0 Å². The van der Waals surface area contributed by atoms with Crippen LogP contribution >= 0.6 is 34.0 Å². The van der Waals surface area contributed by atoms with Gasteiger partial charge in [0.1, 0.15) is 0 Å². The zero-order chi connectivity index (χ0) is 24.0. The lowest BCUT2D eigenvalue weighted by Crippen LogP contribution is -1.89. The number of aliphatic hydroxyl groups is 1. The number of unbranched alkanes of at least 4 members (excludes halogenated alkanes) is 10. The van der Waals surface area contributed by atoms with E-state index in [1.54, 1.807) is 0 Å². The Morgan fingerprint density at radius 1 is 0.559 bits per heavy atom. The second-order valence-corrected chi connectivity index (χ2v) is 12.9. The number of hydrogen-bond acceptors (Lipinski definition) is 4. The predicted molar refractivity (Wildman–Crippen MR) is 156 cm³/mol. The van der Waals surface area contributed by atoms with Crippen molar-refractivity contribution in [2.75, 3.05) is 6.61 Å². The number of hydrogen-bond donors (Lipinski definition) is 1. The van der Waals surface area contributed by atoms with Gasteiger partial charge in [-0.1, -0.05) is 78.1 Å². The topological polar surface area (TPSA) is 20.2 Å². The quantitative estimate of drug-likeness (QED) is 0.167. The van der Waals surface area contributed by atoms with Crippen molar-refractivity contribution in [3.8, 4) is 19.5 Å². The van der Waals surface area contributed by atoms with E-state index in [2.05, 4.69) is 44.2 Å². The molecule has 0 spiro atoms. The van der Waals surface area contributed by atoms with Crippen LogP contribution in [0.1, 0.15) is 106 Å². The summed E-state index contributed by atoms with van der Waals surface area (Å²) in [5.74, 6) is 0. The Bertz CT molecular complexity index is 933. The van der Waals surface area contributed by atoms with Crippen molar-refractivity contribution in [1.82, 2.24) is 0 Å². The molecular weight excluding hydrogens is 473 g/mol. The zero-order valence-electron chi connectivity index (χ0n) is 21.4. The van der Waals surface area contributed by atoms with E-state index in [-0.39, 0.29) is 6.61 Å². The van der Waals surface area contributed by atoms with Crippen LogP contribution in [0.5, 0.6) is 0 Å². The smallest absolute Gasteiger partial charge is 0.0482 e. The van der Waals surface area contributed by atoms with Crippen molar-refractivity contribution in [2.45, 2.75) is 110 Å². The van der Waals surface area contributed by atoms with Gasteiger partial charge < -0.3 is 5.11 Å². The van der Waals surface area contributed by atoms with Crippen LogP contribution in [-0.4, -0.2) is 11.7 Å². The van der Waals surface area contributed by atoms with E-state index in [0.29, 0.717) is 0 Å². The molecule has 0 atom stereocenters. The number of aryl methyl sites for hydroxylation is 2. The fraction of sp³-hybridized carbons (Fsp3) is 0.600. The van der Waals surface area contributed by atoms with Gasteiger partial charge in [-0.3, -0.25) is 0 Å². The van der Waals surface area contributed by atoms with Gasteiger partial charge in [-0.2, -0.15) is 0 Å². The van der Waals surface area contributed by atoms with Crippen LogP contribution in [0, 0.1) is 0 Å². The molecule has 3 aromatic heterocycles. The van der Waals surface area contributed by atoms with Crippen LogP contribution in [0.15, 0.2) is 30.3 Å². The molecule has 0 aromatic carbocycles. The SMILES string of the molecule is CCCCCCCCc1ccc(-c2cc(CCO)c(-c3ccc(CCCCCCCC)s3)s2)s1. The first-order chi connectivity index (χ1) is 16.7. The van der Waals surface area contributed by atoms with E-state index >= 15 is 0 Å². The Morgan fingerprint density at radius 3 is 1.68 bits per heavy atom. The highest BCUT2D eigenvalue weighted by atomic mass is 32.1. The number of rotatable bonds is 18. The molecule has 0 saturated carbocycles. The van der Waals surface area contributed by atoms with E-state index in [4.69, 9.17) is 0 Å². The van der Waals surface area contributed by atoms with Crippen molar-refractivity contribution >= 4 is 34.0 Å². The van der Waals surface area contributed by atoms with Gasteiger partial charge >= 0.3 is 0 Å². The van der Waals surface area contributed by atoms with Crippen LogP contribution in [0.3, 0.4) is 0 Å². The third-order valence-electron chi connectivity index (χ3n) is 6.53. The maximum Gasteiger partial charge on any atom is 0.0482 e. The summed E-state index contributed by atoms with van der Waals surface area (Å²) in [6.45, 7) is 4.78. The molecule has 0 saturated heterocycles. The van der Waals surface area contributed by atoms with Gasteiger partial charge in [0.2, 0.25) is 0 Å². The molecule has 0 aliphatic heterocycles. The van der Waals surface area contributed by atoms with Gasteiger partial charge in [-0.05, 0) is 68.0 Å². The van der Waals surface area contributed by atoms with E-state index in [1.165, 1.54) is 125 Å². The van der Waals surface area contributed by atoms with Crippen molar-refractivity contribution < 1.29 is 5.11 Å². The Balaban J connectivity index is 1.58. The molecule has 0 fully saturated rings. The number of thiophene rings is 3. The summed E-state index contributed by atoms with van der Waals surface area (Å²) in [4.78, 5) is 8.52. The van der Waals surface area contributed by atoms with Crippen LogP contribution in [0.2, 0.25) is 0 Å². The van der Waals surface area contributed by atoms with Crippen LogP contribution in [0.4, 0.5) is 0 Å². The molecule has 34 heavy (non-hydrogen) atoms. The summed E-state index contributed by atoms with van der Waals surface area (Å²) in [5, 5.41) is 9.67. The third kappa shape index (κ3) is 8.93. The second kappa shape index (κ2) is 15.9. The van der Waals surface area contributed by atoms with E-state index in [9.17, 15) is 5.11 Å². The molecule has 0 radical (unpaired) electrons. The average Bonchev–Trinajstić information content (AvgIpc) is 3.58. The second-order valence-electron chi connectivity index (χ2n) is 9.51. The first-order valence-corrected chi connectivity index (χ1v) is 16.1. The molecule has 188 valence electrons. The molecule has 0 aliphatic rings. The fourth-order valence-corrected chi connectivity index (χ4v) is 8.04. The van der Waals surface area contributed by atoms with Crippen LogP contribution < -0.4 is 0 Å². The van der Waals surface area contributed by atoms with Crippen molar-refractivity contribution in [3.63, 3.8) is 0 Å². The molecule has 1 N–H and O–H groups in total. The van der Waals surface area contributed by atoms with Crippen molar-refractivity contribution in [1.29, 1.82) is 0 Å². The summed E-state index contributed by atoms with van der Waals surface area (Å²) in [6, 6.07) is 11.6. The predicted octanol–water partition coefficient (Wildman–Crippen LogP) is 10.5. The largest absolute Gasteiger partial charge is 0.396 e. The zero-order valence-corrected chi connectivity index (χ0v) is 23.8. The van der Waals surface area contributed by atoms with Crippen LogP contribution in [-0.2, 0) is 19.3 Å². The summed E-state index contributed by atoms with van der Waals surface area (Å²) in [7, 11) is 0. The maximum absolute atomic E-state index is 9.67. The molecule has 0 unspecified atom stereocenters. The molecule has 3 heterocycles. The van der Waals surface area contributed by atoms with Crippen molar-refractivity contribution in [2.24, 2.45) is 0 Å². The molecular formula is C30H44OS3. The van der Waals surface area contributed by atoms with Crippen molar-refractivity contribution in [3.05, 3.63) is 45.6 Å². The van der Waals surface area contributed by atoms with Gasteiger partial charge in [0.15, 0.2) is 0 Å². The summed E-state index contributed by atoms with van der Waals surface area (Å²) in [6.07, 6.45) is 19.4. The monoisotopic (exact) mass is 516 g/mol. The molecule has 3 rings (SSSR count). The first kappa shape index (κ1) is 27.6. The Kier molecular flexibility index (Phi) is 13.0. The minimum Gasteiger partial charge on any atom is -0.396 e. The summed E-state index contributed by atoms with van der Waals surface area (Å²) < 4.78 is 0. The highest BCUT2D eigenvalue weighted by Crippen LogP contribution is 2.43. The maximum atomic E-state index is 9.67. The first-order valence-electron chi connectivity index (χ1n) is 13.7. The summed E-state index contributed by atoms with van der Waals surface area (Å²) >= 11 is 5.84. The lowest BCUT2D eigenvalue weighted by molar-refractivity contribution is 0.300. The lowest BCUT2D eigenvalue weighted by atomic mass is 10.1. The Morgan fingerprint density at radius 2 is 1.09 bits per heavy atom. The molecule has 4 heteroatoms.